The van der Waals surface area contributed by atoms with Crippen LogP contribution in [-0.4, -0.2) is 44.8 Å². The zero-order valence-electron chi connectivity index (χ0n) is 25.7. The number of carbonyl (C=O) groups is 2. The molecule has 4 aromatic heterocycles. The average Bonchev–Trinajstić information content (AvgIpc) is 3.47. The molecule has 45 heavy (non-hydrogen) atoms. The van der Waals surface area contributed by atoms with Gasteiger partial charge in [0, 0.05) is 85.4 Å². The van der Waals surface area contributed by atoms with Gasteiger partial charge in [-0.25, -0.2) is 9.97 Å². The van der Waals surface area contributed by atoms with Crippen molar-refractivity contribution in [3.05, 3.63) is 107 Å². The van der Waals surface area contributed by atoms with Gasteiger partial charge in [-0.1, -0.05) is 63.0 Å². The third-order valence-corrected chi connectivity index (χ3v) is 7.36. The van der Waals surface area contributed by atoms with Crippen LogP contribution >= 0.6 is 11.6 Å². The monoisotopic (exact) mass is 616 g/mol. The Morgan fingerprint density at radius 3 is 1.53 bits per heavy atom. The van der Waals surface area contributed by atoms with Crippen LogP contribution in [0.5, 0.6) is 0 Å². The first-order valence-electron chi connectivity index (χ1n) is 14.5. The van der Waals surface area contributed by atoms with Gasteiger partial charge in [-0.2, -0.15) is 0 Å². The van der Waals surface area contributed by atoms with Crippen molar-refractivity contribution in [1.82, 2.24) is 19.9 Å². The number of pyridine rings is 4. The second-order valence-corrected chi connectivity index (χ2v) is 13.0. The fourth-order valence-electron chi connectivity index (χ4n) is 5.02. The number of carbonyl (C=O) groups excluding carboxylic acids is 2. The molecule has 8 nitrogen and oxygen atoms in total. The summed E-state index contributed by atoms with van der Waals surface area (Å²) in [6.07, 6.45) is 11.2. The van der Waals surface area contributed by atoms with Gasteiger partial charge < -0.3 is 0 Å². The van der Waals surface area contributed by atoms with Crippen LogP contribution in [0.2, 0.25) is 5.02 Å². The summed E-state index contributed by atoms with van der Waals surface area (Å²) in [6.45, 7) is 9.77. The van der Waals surface area contributed by atoms with Crippen molar-refractivity contribution in [1.29, 1.82) is 0 Å². The molecule has 2 fully saturated rings. The lowest BCUT2D eigenvalue weighted by Gasteiger charge is -2.18. The molecule has 0 spiro atoms. The summed E-state index contributed by atoms with van der Waals surface area (Å²) in [6, 6.07) is 13.0. The van der Waals surface area contributed by atoms with Gasteiger partial charge in [0.05, 0.1) is 5.02 Å². The molecule has 0 aliphatic carbocycles. The Morgan fingerprint density at radius 1 is 0.644 bits per heavy atom. The van der Waals surface area contributed by atoms with Gasteiger partial charge in [0.15, 0.2) is 0 Å². The largest absolute Gasteiger partial charge is 0.296 e. The SMILES string of the molecule is CC1(C)CC(=O)N(c2ccc(C#Cc3cccnc3)cn2)C1.CC1(C)CC(=O)N(c2ccc(C#Cc3cncc(Cl)c3)cn2)C1. The summed E-state index contributed by atoms with van der Waals surface area (Å²) >= 11 is 5.88. The normalized spacial score (nSPS) is 16.2. The minimum Gasteiger partial charge on any atom is -0.296 e. The number of hydrogen-bond donors (Lipinski definition) is 0. The van der Waals surface area contributed by atoms with Crippen LogP contribution in [0.1, 0.15) is 62.8 Å². The van der Waals surface area contributed by atoms with Crippen molar-refractivity contribution in [3.63, 3.8) is 0 Å². The summed E-state index contributed by atoms with van der Waals surface area (Å²) in [7, 11) is 0. The Balaban J connectivity index is 0.000000178. The van der Waals surface area contributed by atoms with Crippen molar-refractivity contribution in [2.45, 2.75) is 40.5 Å². The molecule has 0 atom stereocenters. The zero-order chi connectivity index (χ0) is 32.0. The maximum atomic E-state index is 12.1. The maximum absolute atomic E-state index is 12.1. The third-order valence-electron chi connectivity index (χ3n) is 7.15. The molecule has 0 saturated carbocycles. The highest BCUT2D eigenvalue weighted by Crippen LogP contribution is 2.33. The first-order valence-corrected chi connectivity index (χ1v) is 14.9. The number of rotatable bonds is 2. The van der Waals surface area contributed by atoms with E-state index in [1.54, 1.807) is 53.0 Å². The van der Waals surface area contributed by atoms with Crippen LogP contribution in [0.4, 0.5) is 11.6 Å². The van der Waals surface area contributed by atoms with E-state index in [0.717, 1.165) is 22.3 Å². The first kappa shape index (κ1) is 31.4. The van der Waals surface area contributed by atoms with Crippen LogP contribution in [0, 0.1) is 34.5 Å². The fourth-order valence-corrected chi connectivity index (χ4v) is 5.19. The standard InChI is InChI=1S/C18H16ClN3O.C18H17N3O/c1-18(2)8-17(23)22(12-18)16-6-5-13(10-21-16)3-4-14-7-15(19)11-20-9-14;1-18(2)10-17(22)21(13-18)16-8-7-15(12-20-16)6-5-14-4-3-9-19-11-14/h5-7,9-11H,8,12H2,1-2H3;3-4,7-9,11-12H,10,13H2,1-2H3. The van der Waals surface area contributed by atoms with Gasteiger partial charge in [-0.3, -0.25) is 29.4 Å². The molecule has 0 radical (unpaired) electrons. The molecule has 0 unspecified atom stereocenters. The molecule has 4 aromatic rings. The number of aromatic nitrogens is 4. The van der Waals surface area contributed by atoms with E-state index < -0.39 is 0 Å². The highest BCUT2D eigenvalue weighted by Gasteiger charge is 2.37. The van der Waals surface area contributed by atoms with E-state index in [-0.39, 0.29) is 22.6 Å². The van der Waals surface area contributed by atoms with Crippen LogP contribution in [0.25, 0.3) is 0 Å². The topological polar surface area (TPSA) is 92.2 Å². The molecule has 0 bridgehead atoms. The number of anilines is 2. The van der Waals surface area contributed by atoms with E-state index in [1.807, 2.05) is 36.4 Å². The highest BCUT2D eigenvalue weighted by molar-refractivity contribution is 6.30. The Bertz CT molecular complexity index is 1820. The number of hydrogen-bond acceptors (Lipinski definition) is 6. The predicted molar refractivity (Wildman–Crippen MR) is 175 cm³/mol. The highest BCUT2D eigenvalue weighted by atomic mass is 35.5. The van der Waals surface area contributed by atoms with Crippen molar-refractivity contribution in [2.24, 2.45) is 10.8 Å². The average molecular weight is 617 g/mol. The van der Waals surface area contributed by atoms with Crippen LogP contribution < -0.4 is 9.80 Å². The predicted octanol–water partition coefficient (Wildman–Crippen LogP) is 5.93. The van der Waals surface area contributed by atoms with Gasteiger partial charge in [0.1, 0.15) is 11.6 Å². The smallest absolute Gasteiger partial charge is 0.228 e. The van der Waals surface area contributed by atoms with Gasteiger partial charge in [-0.15, -0.1) is 0 Å². The van der Waals surface area contributed by atoms with E-state index in [2.05, 4.69) is 71.3 Å². The number of halogens is 1. The molecule has 2 aliphatic rings. The number of nitrogens with zero attached hydrogens (tertiary/aromatic N) is 6. The molecule has 6 rings (SSSR count). The summed E-state index contributed by atoms with van der Waals surface area (Å²) in [5.74, 6) is 13.7. The molecule has 6 heterocycles. The van der Waals surface area contributed by atoms with E-state index in [4.69, 9.17) is 11.6 Å². The second-order valence-electron chi connectivity index (χ2n) is 12.6. The van der Waals surface area contributed by atoms with Gasteiger partial charge in [-0.05, 0) is 53.3 Å². The molecule has 2 amide bonds. The summed E-state index contributed by atoms with van der Waals surface area (Å²) in [4.78, 5) is 44.3. The second kappa shape index (κ2) is 13.3. The molecule has 2 aliphatic heterocycles. The Hall–Kier alpha value is -5.05. The van der Waals surface area contributed by atoms with Crippen LogP contribution in [0.3, 0.4) is 0 Å². The molecular formula is C36H33ClN6O2. The van der Waals surface area contributed by atoms with Crippen molar-refractivity contribution >= 4 is 35.1 Å². The molecule has 0 N–H and O–H groups in total. The Labute approximate surface area is 268 Å². The lowest BCUT2D eigenvalue weighted by molar-refractivity contribution is -0.118. The molecular weight excluding hydrogens is 584 g/mol. The van der Waals surface area contributed by atoms with Crippen molar-refractivity contribution in [2.75, 3.05) is 22.9 Å². The quantitative estimate of drug-likeness (QED) is 0.259. The van der Waals surface area contributed by atoms with Gasteiger partial charge >= 0.3 is 0 Å². The van der Waals surface area contributed by atoms with Crippen LogP contribution in [-0.2, 0) is 9.59 Å². The van der Waals surface area contributed by atoms with Gasteiger partial charge in [0.2, 0.25) is 11.8 Å². The summed E-state index contributed by atoms with van der Waals surface area (Å²) in [5.41, 5.74) is 3.22. The van der Waals surface area contributed by atoms with E-state index in [1.165, 1.54) is 0 Å². The van der Waals surface area contributed by atoms with Gasteiger partial charge in [0.25, 0.3) is 0 Å². The maximum Gasteiger partial charge on any atom is 0.228 e. The van der Waals surface area contributed by atoms with E-state index >= 15 is 0 Å². The van der Waals surface area contributed by atoms with Crippen LogP contribution in [0.15, 0.2) is 79.6 Å². The van der Waals surface area contributed by atoms with Crippen molar-refractivity contribution < 1.29 is 9.59 Å². The molecule has 2 saturated heterocycles. The molecule has 226 valence electrons. The summed E-state index contributed by atoms with van der Waals surface area (Å²) < 4.78 is 0. The molecule has 0 aromatic carbocycles. The fraction of sp³-hybridized carbons (Fsp3) is 0.278. The number of amides is 2. The molecule has 9 heteroatoms. The minimum atomic E-state index is -0.00316. The third kappa shape index (κ3) is 8.53. The lowest BCUT2D eigenvalue weighted by atomic mass is 9.93. The van der Waals surface area contributed by atoms with E-state index in [9.17, 15) is 9.59 Å². The van der Waals surface area contributed by atoms with Crippen molar-refractivity contribution in [3.8, 4) is 23.7 Å². The van der Waals surface area contributed by atoms with E-state index in [0.29, 0.717) is 42.6 Å². The first-order chi connectivity index (χ1) is 21.5. The lowest BCUT2D eigenvalue weighted by Crippen LogP contribution is -2.26. The Morgan fingerprint density at radius 2 is 1.13 bits per heavy atom. The minimum absolute atomic E-state index is 0.00316. The zero-order valence-corrected chi connectivity index (χ0v) is 26.5. The summed E-state index contributed by atoms with van der Waals surface area (Å²) in [5, 5.41) is 0.556. The Kier molecular flexibility index (Phi) is 9.27.